The fourth-order valence-corrected chi connectivity index (χ4v) is 1.08. The second kappa shape index (κ2) is 4.77. The Balaban J connectivity index is 2.23. The topological polar surface area (TPSA) is 64.7 Å². The van der Waals surface area contributed by atoms with Crippen molar-refractivity contribution in [2.45, 2.75) is 31.6 Å². The highest BCUT2D eigenvalue weighted by Gasteiger charge is 2.25. The van der Waals surface area contributed by atoms with E-state index in [4.69, 9.17) is 20.3 Å². The Labute approximate surface area is 72.6 Å². The first-order valence-corrected chi connectivity index (χ1v) is 4.37. The Morgan fingerprint density at radius 1 is 1.67 bits per heavy atom. The Bertz CT molecular complexity index is 127. The van der Waals surface area contributed by atoms with E-state index < -0.39 is 0 Å². The number of hydrogen-bond acceptors (Lipinski definition) is 4. The van der Waals surface area contributed by atoms with Crippen molar-refractivity contribution in [1.82, 2.24) is 0 Å². The first-order valence-electron chi connectivity index (χ1n) is 4.37. The highest BCUT2D eigenvalue weighted by atomic mass is 16.6. The van der Waals surface area contributed by atoms with Crippen molar-refractivity contribution in [2.75, 3.05) is 19.8 Å². The maximum Gasteiger partial charge on any atom is 0.105 e. The molecule has 1 saturated heterocycles. The summed E-state index contributed by atoms with van der Waals surface area (Å²) >= 11 is 0. The van der Waals surface area contributed by atoms with Crippen LogP contribution in [0.2, 0.25) is 0 Å². The van der Waals surface area contributed by atoms with Crippen molar-refractivity contribution in [1.29, 1.82) is 0 Å². The lowest BCUT2D eigenvalue weighted by Crippen LogP contribution is -2.46. The molecule has 72 valence electrons. The van der Waals surface area contributed by atoms with Gasteiger partial charge in [-0.3, -0.25) is 0 Å². The summed E-state index contributed by atoms with van der Waals surface area (Å²) in [6, 6.07) is -0.0735. The molecule has 1 aliphatic rings. The van der Waals surface area contributed by atoms with Crippen molar-refractivity contribution < 1.29 is 14.6 Å². The zero-order valence-corrected chi connectivity index (χ0v) is 7.40. The molecular weight excluding hydrogens is 158 g/mol. The van der Waals surface area contributed by atoms with Crippen LogP contribution in [0.15, 0.2) is 0 Å². The molecule has 1 heterocycles. The standard InChI is InChI=1S/C8H17NO3/c1-2-7(9)8(3-10)12-6-4-11-5-6/h6-8,10H,2-5,9H2,1H3. The Morgan fingerprint density at radius 3 is 2.67 bits per heavy atom. The number of hydrogen-bond donors (Lipinski definition) is 2. The monoisotopic (exact) mass is 175 g/mol. The fourth-order valence-electron chi connectivity index (χ4n) is 1.08. The third kappa shape index (κ3) is 2.42. The molecule has 12 heavy (non-hydrogen) atoms. The number of rotatable bonds is 5. The molecule has 2 unspecified atom stereocenters. The summed E-state index contributed by atoms with van der Waals surface area (Å²) in [5.74, 6) is 0. The second-order valence-corrected chi connectivity index (χ2v) is 3.09. The molecule has 0 bridgehead atoms. The van der Waals surface area contributed by atoms with Gasteiger partial charge >= 0.3 is 0 Å². The van der Waals surface area contributed by atoms with Gasteiger partial charge in [0.1, 0.15) is 6.10 Å². The van der Waals surface area contributed by atoms with Gasteiger partial charge in [-0.05, 0) is 6.42 Å². The molecule has 0 aromatic heterocycles. The van der Waals surface area contributed by atoms with Crippen molar-refractivity contribution in [3.63, 3.8) is 0 Å². The third-order valence-corrected chi connectivity index (χ3v) is 2.10. The van der Waals surface area contributed by atoms with Gasteiger partial charge in [-0.15, -0.1) is 0 Å². The van der Waals surface area contributed by atoms with Gasteiger partial charge < -0.3 is 20.3 Å². The van der Waals surface area contributed by atoms with Crippen molar-refractivity contribution in [3.05, 3.63) is 0 Å². The summed E-state index contributed by atoms with van der Waals surface area (Å²) in [4.78, 5) is 0. The molecule has 0 amide bonds. The lowest BCUT2D eigenvalue weighted by atomic mass is 10.1. The van der Waals surface area contributed by atoms with Gasteiger partial charge in [-0.2, -0.15) is 0 Å². The van der Waals surface area contributed by atoms with E-state index in [-0.39, 0.29) is 24.9 Å². The number of nitrogens with two attached hydrogens (primary N) is 1. The average molecular weight is 175 g/mol. The molecule has 0 radical (unpaired) electrons. The zero-order chi connectivity index (χ0) is 8.97. The molecule has 4 nitrogen and oxygen atoms in total. The predicted octanol–water partition coefficient (Wildman–Crippen LogP) is -0.500. The summed E-state index contributed by atoms with van der Waals surface area (Å²) in [5.41, 5.74) is 5.73. The van der Waals surface area contributed by atoms with E-state index in [0.29, 0.717) is 13.2 Å². The van der Waals surface area contributed by atoms with Gasteiger partial charge in [-0.1, -0.05) is 6.92 Å². The molecule has 0 aromatic rings. The van der Waals surface area contributed by atoms with E-state index >= 15 is 0 Å². The molecule has 1 rings (SSSR count). The molecule has 4 heteroatoms. The minimum Gasteiger partial charge on any atom is -0.394 e. The van der Waals surface area contributed by atoms with Gasteiger partial charge in [0.2, 0.25) is 0 Å². The van der Waals surface area contributed by atoms with Crippen LogP contribution in [0.3, 0.4) is 0 Å². The SMILES string of the molecule is CCC(N)C(CO)OC1COC1. The molecule has 0 saturated carbocycles. The molecule has 0 aliphatic carbocycles. The largest absolute Gasteiger partial charge is 0.394 e. The fraction of sp³-hybridized carbons (Fsp3) is 1.00. The summed E-state index contributed by atoms with van der Waals surface area (Å²) in [6.45, 7) is 3.24. The van der Waals surface area contributed by atoms with Crippen molar-refractivity contribution in [2.24, 2.45) is 5.73 Å². The summed E-state index contributed by atoms with van der Waals surface area (Å²) < 4.78 is 10.4. The normalized spacial score (nSPS) is 23.2. The van der Waals surface area contributed by atoms with E-state index in [9.17, 15) is 0 Å². The molecular formula is C8H17NO3. The molecule has 0 aromatic carbocycles. The maximum atomic E-state index is 8.95. The first-order chi connectivity index (χ1) is 5.77. The Morgan fingerprint density at radius 2 is 2.33 bits per heavy atom. The van der Waals surface area contributed by atoms with Crippen molar-refractivity contribution >= 4 is 0 Å². The molecule has 0 spiro atoms. The van der Waals surface area contributed by atoms with Crippen LogP contribution in [0.5, 0.6) is 0 Å². The average Bonchev–Trinajstić information content (AvgIpc) is 2.02. The maximum absolute atomic E-state index is 8.95. The van der Waals surface area contributed by atoms with E-state index in [1.54, 1.807) is 0 Å². The smallest absolute Gasteiger partial charge is 0.105 e. The van der Waals surface area contributed by atoms with Crippen LogP contribution in [0, 0.1) is 0 Å². The highest BCUT2D eigenvalue weighted by molar-refractivity contribution is 4.75. The first kappa shape index (κ1) is 9.92. The van der Waals surface area contributed by atoms with Crippen LogP contribution in [0.1, 0.15) is 13.3 Å². The minimum atomic E-state index is -0.233. The second-order valence-electron chi connectivity index (χ2n) is 3.09. The van der Waals surface area contributed by atoms with Crippen LogP contribution < -0.4 is 5.73 Å². The predicted molar refractivity (Wildman–Crippen MR) is 44.8 cm³/mol. The lowest BCUT2D eigenvalue weighted by Gasteiger charge is -2.32. The number of aliphatic hydroxyl groups is 1. The van der Waals surface area contributed by atoms with E-state index in [2.05, 4.69) is 0 Å². The molecule has 1 fully saturated rings. The van der Waals surface area contributed by atoms with Crippen LogP contribution in [-0.2, 0) is 9.47 Å². The molecule has 1 aliphatic heterocycles. The van der Waals surface area contributed by atoms with Crippen LogP contribution in [0.4, 0.5) is 0 Å². The van der Waals surface area contributed by atoms with Gasteiger partial charge in [0, 0.05) is 6.04 Å². The van der Waals surface area contributed by atoms with Crippen LogP contribution in [0.25, 0.3) is 0 Å². The number of aliphatic hydroxyl groups excluding tert-OH is 1. The minimum absolute atomic E-state index is 0.00843. The summed E-state index contributed by atoms with van der Waals surface area (Å²) in [7, 11) is 0. The van der Waals surface area contributed by atoms with E-state index in [0.717, 1.165) is 6.42 Å². The molecule has 2 atom stereocenters. The highest BCUT2D eigenvalue weighted by Crippen LogP contribution is 2.11. The van der Waals surface area contributed by atoms with E-state index in [1.165, 1.54) is 0 Å². The third-order valence-electron chi connectivity index (χ3n) is 2.10. The summed E-state index contributed by atoms with van der Waals surface area (Å²) in [6.07, 6.45) is 0.724. The summed E-state index contributed by atoms with van der Waals surface area (Å²) in [5, 5.41) is 8.95. The van der Waals surface area contributed by atoms with Crippen LogP contribution in [-0.4, -0.2) is 43.2 Å². The van der Waals surface area contributed by atoms with Gasteiger partial charge in [0.15, 0.2) is 0 Å². The Kier molecular flexibility index (Phi) is 3.94. The van der Waals surface area contributed by atoms with Crippen molar-refractivity contribution in [3.8, 4) is 0 Å². The van der Waals surface area contributed by atoms with Gasteiger partial charge in [0.05, 0.1) is 25.9 Å². The van der Waals surface area contributed by atoms with Gasteiger partial charge in [-0.25, -0.2) is 0 Å². The van der Waals surface area contributed by atoms with Crippen LogP contribution >= 0.6 is 0 Å². The number of ether oxygens (including phenoxy) is 2. The lowest BCUT2D eigenvalue weighted by molar-refractivity contribution is -0.166. The molecule has 3 N–H and O–H groups in total. The zero-order valence-electron chi connectivity index (χ0n) is 7.40. The van der Waals surface area contributed by atoms with E-state index in [1.807, 2.05) is 6.92 Å². The quantitative estimate of drug-likeness (QED) is 0.591. The Hall–Kier alpha value is -0.160. The van der Waals surface area contributed by atoms with Gasteiger partial charge in [0.25, 0.3) is 0 Å².